The molecule has 1 aliphatic rings. The van der Waals surface area contributed by atoms with Crippen molar-refractivity contribution in [3.8, 4) is 0 Å². The molecule has 1 N–H and O–H groups in total. The minimum atomic E-state index is -0.101. The molecule has 2 heterocycles. The zero-order chi connectivity index (χ0) is 23.4. The van der Waals surface area contributed by atoms with E-state index in [0.29, 0.717) is 35.2 Å². The zero-order valence-electron chi connectivity index (χ0n) is 19.0. The number of nitrogens with one attached hydrogen (secondary N) is 1. The molecule has 33 heavy (non-hydrogen) atoms. The minimum absolute atomic E-state index is 0.0349. The van der Waals surface area contributed by atoms with Crippen LogP contribution in [0.15, 0.2) is 42.6 Å². The topological polar surface area (TPSA) is 76.5 Å². The molecule has 1 aromatic heterocycles. The summed E-state index contributed by atoms with van der Waals surface area (Å²) in [4.78, 5) is 27.1. The normalized spacial score (nSPS) is 14.6. The van der Waals surface area contributed by atoms with E-state index >= 15 is 0 Å². The smallest absolute Gasteiger partial charge is 0.253 e. The Bertz CT molecular complexity index is 1150. The zero-order valence-corrected chi connectivity index (χ0v) is 19.8. The SMILES string of the molecule is COCCNC(=O)c1ccc2nn(CC3CCN(C(=O)c4cccc(Cl)c4)CC3)cc2c1C. The van der Waals surface area contributed by atoms with Crippen LogP contribution in [0.1, 0.15) is 39.1 Å². The number of carbonyl (C=O) groups is 2. The van der Waals surface area contributed by atoms with Crippen LogP contribution in [0.4, 0.5) is 0 Å². The van der Waals surface area contributed by atoms with Crippen molar-refractivity contribution < 1.29 is 14.3 Å². The van der Waals surface area contributed by atoms with Gasteiger partial charge in [0.25, 0.3) is 11.8 Å². The van der Waals surface area contributed by atoms with Crippen LogP contribution < -0.4 is 5.32 Å². The van der Waals surface area contributed by atoms with Crippen molar-refractivity contribution in [1.82, 2.24) is 20.0 Å². The number of aryl methyl sites for hydroxylation is 1. The van der Waals surface area contributed by atoms with Gasteiger partial charge in [-0.05, 0) is 61.6 Å². The number of likely N-dealkylation sites (tertiary alicyclic amines) is 1. The van der Waals surface area contributed by atoms with Gasteiger partial charge in [-0.25, -0.2) is 0 Å². The maximum atomic E-state index is 12.8. The average molecular weight is 469 g/mol. The van der Waals surface area contributed by atoms with Crippen molar-refractivity contribution in [3.05, 3.63) is 64.3 Å². The number of rotatable bonds is 7. The molecule has 0 bridgehead atoms. The van der Waals surface area contributed by atoms with E-state index in [2.05, 4.69) is 5.32 Å². The Morgan fingerprint density at radius 3 is 2.73 bits per heavy atom. The Morgan fingerprint density at radius 1 is 1.21 bits per heavy atom. The molecule has 7 nitrogen and oxygen atoms in total. The summed E-state index contributed by atoms with van der Waals surface area (Å²) in [6.45, 7) is 5.16. The van der Waals surface area contributed by atoms with Crippen molar-refractivity contribution in [2.75, 3.05) is 33.4 Å². The molecule has 8 heteroatoms. The van der Waals surface area contributed by atoms with Gasteiger partial charge in [-0.3, -0.25) is 14.3 Å². The van der Waals surface area contributed by atoms with Crippen LogP contribution >= 0.6 is 11.6 Å². The predicted octanol–water partition coefficient (Wildman–Crippen LogP) is 3.93. The van der Waals surface area contributed by atoms with Gasteiger partial charge in [0.15, 0.2) is 0 Å². The second-order valence-electron chi connectivity index (χ2n) is 8.52. The van der Waals surface area contributed by atoms with Crippen molar-refractivity contribution in [2.24, 2.45) is 5.92 Å². The summed E-state index contributed by atoms with van der Waals surface area (Å²) in [5.41, 5.74) is 3.10. The van der Waals surface area contributed by atoms with Crippen LogP contribution in [0.3, 0.4) is 0 Å². The molecule has 4 rings (SSSR count). The third kappa shape index (κ3) is 5.37. The van der Waals surface area contributed by atoms with E-state index in [1.54, 1.807) is 25.3 Å². The monoisotopic (exact) mass is 468 g/mol. The second kappa shape index (κ2) is 10.4. The number of aromatic nitrogens is 2. The van der Waals surface area contributed by atoms with E-state index in [1.165, 1.54) is 0 Å². The fraction of sp³-hybridized carbons (Fsp3) is 0.400. The highest BCUT2D eigenvalue weighted by atomic mass is 35.5. The van der Waals surface area contributed by atoms with Gasteiger partial charge in [0.2, 0.25) is 0 Å². The lowest BCUT2D eigenvalue weighted by Crippen LogP contribution is -2.39. The van der Waals surface area contributed by atoms with Gasteiger partial charge in [0.1, 0.15) is 0 Å². The molecule has 1 aliphatic heterocycles. The van der Waals surface area contributed by atoms with Gasteiger partial charge in [0, 0.05) is 61.0 Å². The number of ether oxygens (including phenoxy) is 1. The number of benzene rings is 2. The fourth-order valence-electron chi connectivity index (χ4n) is 4.37. The highest BCUT2D eigenvalue weighted by Crippen LogP contribution is 2.25. The standard InChI is InChI=1S/C25H29ClN4O3/c1-17-21(24(31)27-10-13-33-2)6-7-23-22(17)16-30(28-23)15-18-8-11-29(12-9-18)25(32)19-4-3-5-20(26)14-19/h3-7,14,16,18H,8-13,15H2,1-2H3,(H,27,31). The third-order valence-corrected chi connectivity index (χ3v) is 6.50. The molecule has 2 aromatic carbocycles. The van der Waals surface area contributed by atoms with E-state index in [1.807, 2.05) is 40.9 Å². The Hall–Kier alpha value is -2.90. The van der Waals surface area contributed by atoms with E-state index in [4.69, 9.17) is 21.4 Å². The van der Waals surface area contributed by atoms with Gasteiger partial charge in [0.05, 0.1) is 12.1 Å². The van der Waals surface area contributed by atoms with E-state index < -0.39 is 0 Å². The van der Waals surface area contributed by atoms with Crippen LogP contribution in [0, 0.1) is 12.8 Å². The van der Waals surface area contributed by atoms with Gasteiger partial charge in [-0.1, -0.05) is 17.7 Å². The number of halogens is 1. The summed E-state index contributed by atoms with van der Waals surface area (Å²) >= 11 is 6.03. The van der Waals surface area contributed by atoms with E-state index in [9.17, 15) is 9.59 Å². The van der Waals surface area contributed by atoms with Gasteiger partial charge in [-0.15, -0.1) is 0 Å². The lowest BCUT2D eigenvalue weighted by Gasteiger charge is -2.32. The second-order valence-corrected chi connectivity index (χ2v) is 8.95. The van der Waals surface area contributed by atoms with Crippen LogP contribution in [-0.4, -0.2) is 59.8 Å². The third-order valence-electron chi connectivity index (χ3n) is 6.26. The highest BCUT2D eigenvalue weighted by Gasteiger charge is 2.24. The number of nitrogens with zero attached hydrogens (tertiary/aromatic N) is 3. The van der Waals surface area contributed by atoms with Crippen LogP contribution in [-0.2, 0) is 11.3 Å². The summed E-state index contributed by atoms with van der Waals surface area (Å²) in [7, 11) is 1.61. The molecule has 0 atom stereocenters. The molecule has 3 aromatic rings. The van der Waals surface area contributed by atoms with Crippen molar-refractivity contribution in [2.45, 2.75) is 26.3 Å². The maximum absolute atomic E-state index is 12.8. The molecular formula is C25H29ClN4O3. The molecule has 0 radical (unpaired) electrons. The van der Waals surface area contributed by atoms with Crippen LogP contribution in [0.5, 0.6) is 0 Å². The maximum Gasteiger partial charge on any atom is 0.253 e. The van der Waals surface area contributed by atoms with Crippen LogP contribution in [0.25, 0.3) is 10.9 Å². The number of hydrogen-bond acceptors (Lipinski definition) is 4. The molecule has 174 valence electrons. The summed E-state index contributed by atoms with van der Waals surface area (Å²) in [6.07, 6.45) is 3.88. The molecule has 0 saturated carbocycles. The number of amides is 2. The average Bonchev–Trinajstić information content (AvgIpc) is 3.23. The molecule has 0 aliphatic carbocycles. The summed E-state index contributed by atoms with van der Waals surface area (Å²) in [5, 5.41) is 9.17. The molecule has 2 amide bonds. The molecular weight excluding hydrogens is 440 g/mol. The van der Waals surface area contributed by atoms with Crippen molar-refractivity contribution in [3.63, 3.8) is 0 Å². The number of hydrogen-bond donors (Lipinski definition) is 1. The molecule has 1 saturated heterocycles. The van der Waals surface area contributed by atoms with E-state index in [0.717, 1.165) is 48.9 Å². The lowest BCUT2D eigenvalue weighted by atomic mass is 9.96. The summed E-state index contributed by atoms with van der Waals surface area (Å²) in [5.74, 6) is 0.378. The molecule has 0 spiro atoms. The first-order valence-electron chi connectivity index (χ1n) is 11.2. The van der Waals surface area contributed by atoms with Gasteiger partial charge >= 0.3 is 0 Å². The Kier molecular flexibility index (Phi) is 7.30. The van der Waals surface area contributed by atoms with Gasteiger partial charge < -0.3 is 15.0 Å². The first kappa shape index (κ1) is 23.3. The largest absolute Gasteiger partial charge is 0.383 e. The number of piperidine rings is 1. The predicted molar refractivity (Wildman–Crippen MR) is 129 cm³/mol. The number of carbonyl (C=O) groups excluding carboxylic acids is 2. The minimum Gasteiger partial charge on any atom is -0.383 e. The first-order valence-corrected chi connectivity index (χ1v) is 11.6. The highest BCUT2D eigenvalue weighted by molar-refractivity contribution is 6.30. The summed E-state index contributed by atoms with van der Waals surface area (Å²) < 4.78 is 6.97. The molecule has 1 fully saturated rings. The molecule has 0 unspecified atom stereocenters. The van der Waals surface area contributed by atoms with Crippen molar-refractivity contribution in [1.29, 1.82) is 0 Å². The fourth-order valence-corrected chi connectivity index (χ4v) is 4.56. The Balaban J connectivity index is 1.38. The Morgan fingerprint density at radius 2 is 2.00 bits per heavy atom. The lowest BCUT2D eigenvalue weighted by molar-refractivity contribution is 0.0681. The Labute approximate surface area is 198 Å². The quantitative estimate of drug-likeness (QED) is 0.533. The first-order chi connectivity index (χ1) is 16.0. The number of methoxy groups -OCH3 is 1. The van der Waals surface area contributed by atoms with E-state index in [-0.39, 0.29) is 11.8 Å². The summed E-state index contributed by atoms with van der Waals surface area (Å²) in [6, 6.07) is 10.8. The van der Waals surface area contributed by atoms with Crippen molar-refractivity contribution >= 4 is 34.3 Å². The number of fused-ring (bicyclic) bond motifs is 1. The van der Waals surface area contributed by atoms with Gasteiger partial charge in [-0.2, -0.15) is 5.10 Å². The van der Waals surface area contributed by atoms with Crippen LogP contribution in [0.2, 0.25) is 5.02 Å².